The molecule has 40 heavy (non-hydrogen) atoms. The minimum absolute atomic E-state index is 0.0370. The number of amides is 2. The molecule has 210 valence electrons. The predicted octanol–water partition coefficient (Wildman–Crippen LogP) is 6.41. The number of nitrogens with two attached hydrogens (primary N) is 1. The van der Waals surface area contributed by atoms with Gasteiger partial charge in [0, 0.05) is 35.7 Å². The second kappa shape index (κ2) is 11.1. The first kappa shape index (κ1) is 28.0. The van der Waals surface area contributed by atoms with E-state index in [9.17, 15) is 9.59 Å². The topological polar surface area (TPSA) is 97.1 Å². The lowest BCUT2D eigenvalue weighted by molar-refractivity contribution is -0.128. The number of anilines is 1. The van der Waals surface area contributed by atoms with E-state index in [0.717, 1.165) is 49.7 Å². The van der Waals surface area contributed by atoms with Gasteiger partial charge in [-0.1, -0.05) is 42.5 Å². The number of nitrogens with zero attached hydrogens (tertiary/aromatic N) is 1. The van der Waals surface area contributed by atoms with E-state index in [1.807, 2.05) is 42.5 Å². The van der Waals surface area contributed by atoms with E-state index < -0.39 is 5.54 Å². The molecule has 1 heterocycles. The lowest BCUT2D eigenvalue weighted by Gasteiger charge is -2.33. The fraction of sp³-hybridized carbons (Fsp3) is 0.424. The van der Waals surface area contributed by atoms with Crippen molar-refractivity contribution in [1.29, 1.82) is 0 Å². The smallest absolute Gasteiger partial charge is 0.226 e. The molecule has 6 nitrogen and oxygen atoms in total. The van der Waals surface area contributed by atoms with E-state index in [4.69, 9.17) is 5.73 Å². The van der Waals surface area contributed by atoms with Crippen molar-refractivity contribution in [1.82, 2.24) is 10.3 Å². The summed E-state index contributed by atoms with van der Waals surface area (Å²) in [5, 5.41) is 5.89. The third-order valence-corrected chi connectivity index (χ3v) is 8.76. The molecule has 1 aromatic heterocycles. The zero-order chi connectivity index (χ0) is 28.5. The van der Waals surface area contributed by atoms with Crippen molar-refractivity contribution in [2.75, 3.05) is 12.4 Å². The number of pyridine rings is 1. The van der Waals surface area contributed by atoms with Crippen LogP contribution in [0.25, 0.3) is 22.4 Å². The van der Waals surface area contributed by atoms with Crippen LogP contribution in [0.5, 0.6) is 0 Å². The van der Waals surface area contributed by atoms with Crippen LogP contribution in [-0.4, -0.2) is 23.8 Å². The monoisotopic (exact) mass is 542 g/mol. The van der Waals surface area contributed by atoms with E-state index in [2.05, 4.69) is 15.6 Å². The molecular formula is C33H39FN4O2. The van der Waals surface area contributed by atoms with Gasteiger partial charge in [-0.2, -0.15) is 0 Å². The van der Waals surface area contributed by atoms with Crippen LogP contribution in [0.15, 0.2) is 60.8 Å². The minimum Gasteiger partial charge on any atom is -0.359 e. The standard InChI is InChI=1S/C33H39FN4O2/c1-32(2,35)27-14-11-23(18-28(27)34)30-26(22-7-5-4-6-8-22)19-25(20-37-30)38-29(39)17-21-9-12-24(13-10-21)33(15-16-33)31(40)36-3/h4-8,11,14,18-21,24H,9-10,12-13,15-17,35H2,1-3H3,(H,36,40)(H,38,39). The molecule has 4 N–H and O–H groups in total. The van der Waals surface area contributed by atoms with Gasteiger partial charge in [0.25, 0.3) is 0 Å². The van der Waals surface area contributed by atoms with E-state index in [1.165, 1.54) is 6.07 Å². The molecule has 0 saturated heterocycles. The van der Waals surface area contributed by atoms with Crippen molar-refractivity contribution in [3.63, 3.8) is 0 Å². The van der Waals surface area contributed by atoms with Gasteiger partial charge in [0.2, 0.25) is 11.8 Å². The maximum Gasteiger partial charge on any atom is 0.226 e. The Bertz CT molecular complexity index is 1390. The molecule has 2 fully saturated rings. The fourth-order valence-electron chi connectivity index (χ4n) is 6.38. The zero-order valence-electron chi connectivity index (χ0n) is 23.6. The van der Waals surface area contributed by atoms with Crippen molar-refractivity contribution >= 4 is 17.5 Å². The lowest BCUT2D eigenvalue weighted by Crippen LogP contribution is -2.36. The average molecular weight is 543 g/mol. The Morgan fingerprint density at radius 1 is 1.02 bits per heavy atom. The molecule has 2 aliphatic carbocycles. The summed E-state index contributed by atoms with van der Waals surface area (Å²) in [5.41, 5.74) is 9.24. The van der Waals surface area contributed by atoms with Crippen LogP contribution in [0.3, 0.4) is 0 Å². The van der Waals surface area contributed by atoms with E-state index in [-0.39, 0.29) is 23.0 Å². The van der Waals surface area contributed by atoms with Gasteiger partial charge in [0.05, 0.1) is 23.0 Å². The Morgan fingerprint density at radius 2 is 1.73 bits per heavy atom. The number of aromatic nitrogens is 1. The molecular weight excluding hydrogens is 503 g/mol. The molecule has 2 aromatic carbocycles. The summed E-state index contributed by atoms with van der Waals surface area (Å²) in [6.07, 6.45) is 7.97. The van der Waals surface area contributed by atoms with Crippen LogP contribution < -0.4 is 16.4 Å². The third kappa shape index (κ3) is 5.80. The number of rotatable bonds is 8. The molecule has 0 aliphatic heterocycles. The van der Waals surface area contributed by atoms with Gasteiger partial charge >= 0.3 is 0 Å². The van der Waals surface area contributed by atoms with Crippen molar-refractivity contribution in [2.24, 2.45) is 23.0 Å². The van der Waals surface area contributed by atoms with E-state index >= 15 is 4.39 Å². The van der Waals surface area contributed by atoms with E-state index in [0.29, 0.717) is 40.8 Å². The van der Waals surface area contributed by atoms with Crippen LogP contribution in [-0.2, 0) is 15.1 Å². The summed E-state index contributed by atoms with van der Waals surface area (Å²) in [4.78, 5) is 30.1. The highest BCUT2D eigenvalue weighted by Crippen LogP contribution is 2.57. The Hall–Kier alpha value is -3.58. The van der Waals surface area contributed by atoms with Gasteiger partial charge in [-0.15, -0.1) is 0 Å². The van der Waals surface area contributed by atoms with Crippen molar-refractivity contribution in [3.05, 3.63) is 72.2 Å². The second-order valence-corrected chi connectivity index (χ2v) is 12.1. The number of carbonyl (C=O) groups excluding carboxylic acids is 2. The van der Waals surface area contributed by atoms with Gasteiger partial charge in [-0.25, -0.2) is 4.39 Å². The van der Waals surface area contributed by atoms with Crippen LogP contribution in [0.4, 0.5) is 10.1 Å². The summed E-state index contributed by atoms with van der Waals surface area (Å²) < 4.78 is 15.0. The molecule has 2 aliphatic rings. The first-order chi connectivity index (χ1) is 19.1. The number of halogens is 1. The molecule has 2 saturated carbocycles. The minimum atomic E-state index is -0.796. The molecule has 0 radical (unpaired) electrons. The summed E-state index contributed by atoms with van der Waals surface area (Å²) in [6, 6.07) is 16.7. The number of hydrogen-bond donors (Lipinski definition) is 3. The number of hydrogen-bond acceptors (Lipinski definition) is 4. The Labute approximate surface area is 236 Å². The molecule has 0 unspecified atom stereocenters. The van der Waals surface area contributed by atoms with Gasteiger partial charge in [-0.05, 0) is 81.9 Å². The molecule has 2 amide bonds. The molecule has 5 rings (SSSR count). The van der Waals surface area contributed by atoms with Crippen molar-refractivity contribution in [3.8, 4) is 22.4 Å². The van der Waals surface area contributed by atoms with Gasteiger partial charge in [-0.3, -0.25) is 14.6 Å². The highest BCUT2D eigenvalue weighted by Gasteiger charge is 2.55. The number of benzene rings is 2. The Kier molecular flexibility index (Phi) is 7.78. The summed E-state index contributed by atoms with van der Waals surface area (Å²) >= 11 is 0. The van der Waals surface area contributed by atoms with E-state index in [1.54, 1.807) is 33.2 Å². The average Bonchev–Trinajstić information content (AvgIpc) is 3.75. The van der Waals surface area contributed by atoms with Crippen LogP contribution in [0.2, 0.25) is 0 Å². The molecule has 3 aromatic rings. The largest absolute Gasteiger partial charge is 0.359 e. The quantitative estimate of drug-likeness (QED) is 0.306. The van der Waals surface area contributed by atoms with Gasteiger partial charge in [0.15, 0.2) is 0 Å². The Morgan fingerprint density at radius 3 is 2.33 bits per heavy atom. The van der Waals surface area contributed by atoms with Crippen LogP contribution in [0, 0.1) is 23.1 Å². The molecule has 7 heteroatoms. The Balaban J connectivity index is 1.30. The fourth-order valence-corrected chi connectivity index (χ4v) is 6.38. The summed E-state index contributed by atoms with van der Waals surface area (Å²) in [7, 11) is 1.72. The first-order valence-corrected chi connectivity index (χ1v) is 14.3. The van der Waals surface area contributed by atoms with Crippen LogP contribution >= 0.6 is 0 Å². The van der Waals surface area contributed by atoms with Crippen molar-refractivity contribution < 1.29 is 14.0 Å². The predicted molar refractivity (Wildman–Crippen MR) is 157 cm³/mol. The SMILES string of the molecule is CNC(=O)C1(C2CCC(CC(=O)Nc3cnc(-c4ccc(C(C)(C)N)c(F)c4)c(-c4ccccc4)c3)CC2)CC1. The van der Waals surface area contributed by atoms with Gasteiger partial charge < -0.3 is 16.4 Å². The zero-order valence-corrected chi connectivity index (χ0v) is 23.6. The van der Waals surface area contributed by atoms with Crippen LogP contribution in [0.1, 0.15) is 64.4 Å². The number of carbonyl (C=O) groups is 2. The summed E-state index contributed by atoms with van der Waals surface area (Å²) in [6.45, 7) is 3.55. The highest BCUT2D eigenvalue weighted by molar-refractivity contribution is 5.93. The lowest BCUT2D eigenvalue weighted by atomic mass is 9.73. The first-order valence-electron chi connectivity index (χ1n) is 14.3. The highest BCUT2D eigenvalue weighted by atomic mass is 19.1. The summed E-state index contributed by atoms with van der Waals surface area (Å²) in [5.74, 6) is 0.504. The maximum absolute atomic E-state index is 15.0. The second-order valence-electron chi connectivity index (χ2n) is 12.1. The molecule has 0 bridgehead atoms. The molecule has 0 spiro atoms. The molecule has 0 atom stereocenters. The number of nitrogens with one attached hydrogen (secondary N) is 2. The normalized spacial score (nSPS) is 20.0. The maximum atomic E-state index is 15.0. The van der Waals surface area contributed by atoms with Gasteiger partial charge in [0.1, 0.15) is 5.82 Å². The third-order valence-electron chi connectivity index (χ3n) is 8.76. The van der Waals surface area contributed by atoms with Crippen molar-refractivity contribution in [2.45, 2.75) is 64.3 Å².